The number of fused-ring (bicyclic) bond motifs is 1. The third kappa shape index (κ3) is 4.83. The number of carbonyl (C=O) groups is 1. The molecule has 2 heterocycles. The number of nitrogens with zero attached hydrogens (tertiary/aromatic N) is 1. The minimum absolute atomic E-state index is 0.225. The van der Waals surface area contributed by atoms with Crippen molar-refractivity contribution >= 4 is 29.2 Å². The molecule has 1 unspecified atom stereocenters. The molecule has 0 fully saturated rings. The van der Waals surface area contributed by atoms with Crippen molar-refractivity contribution in [3.63, 3.8) is 0 Å². The van der Waals surface area contributed by atoms with E-state index >= 15 is 0 Å². The molecule has 0 amide bonds. The molecule has 0 saturated carbocycles. The van der Waals surface area contributed by atoms with E-state index in [0.29, 0.717) is 33.6 Å². The third-order valence-corrected chi connectivity index (χ3v) is 6.88. The van der Waals surface area contributed by atoms with Gasteiger partial charge in [-0.3, -0.25) is 4.79 Å². The van der Waals surface area contributed by atoms with Crippen LogP contribution < -0.4 is 10.9 Å². The smallest absolute Gasteiger partial charge is 0.337 e. The van der Waals surface area contributed by atoms with Crippen LogP contribution in [0, 0.1) is 0 Å². The Labute approximate surface area is 213 Å². The molecule has 36 heavy (non-hydrogen) atoms. The second kappa shape index (κ2) is 10.7. The third-order valence-electron chi connectivity index (χ3n) is 5.93. The molecule has 4 aromatic rings. The van der Waals surface area contributed by atoms with Gasteiger partial charge in [0.25, 0.3) is 5.56 Å². The lowest BCUT2D eigenvalue weighted by molar-refractivity contribution is -0.138. The fraction of sp³-hybridized carbons (Fsp3) is 0.138. The first-order chi connectivity index (χ1) is 17.7. The number of carbonyl (C=O) groups excluding carboxylic acids is 1. The van der Waals surface area contributed by atoms with Gasteiger partial charge >= 0.3 is 5.97 Å². The first-order valence-electron chi connectivity index (χ1n) is 11.7. The molecule has 0 bridgehead atoms. The van der Waals surface area contributed by atoms with Crippen molar-refractivity contribution in [3.8, 4) is 0 Å². The number of anilines is 1. The van der Waals surface area contributed by atoms with Crippen molar-refractivity contribution in [1.29, 1.82) is 0 Å². The molecule has 3 aromatic carbocycles. The minimum Gasteiger partial charge on any atom is -0.463 e. The molecular formula is C29H25N3O3S. The summed E-state index contributed by atoms with van der Waals surface area (Å²) in [7, 11) is 0. The highest BCUT2D eigenvalue weighted by atomic mass is 32.2. The number of aromatic nitrogens is 2. The zero-order valence-electron chi connectivity index (χ0n) is 19.7. The first kappa shape index (κ1) is 23.6. The average molecular weight is 496 g/mol. The number of rotatable bonds is 7. The number of hydrogen-bond donors (Lipinski definition) is 2. The molecule has 1 aliphatic heterocycles. The Hall–Kier alpha value is -4.10. The van der Waals surface area contributed by atoms with Crippen LogP contribution >= 0.6 is 11.8 Å². The van der Waals surface area contributed by atoms with Gasteiger partial charge in [-0.2, -0.15) is 0 Å². The molecule has 1 atom stereocenters. The summed E-state index contributed by atoms with van der Waals surface area (Å²) < 4.78 is 5.48. The highest BCUT2D eigenvalue weighted by molar-refractivity contribution is 7.98. The number of aromatic amines is 1. The number of thioether (sulfide) groups is 1. The Morgan fingerprint density at radius 3 is 2.25 bits per heavy atom. The molecule has 0 aliphatic carbocycles. The fourth-order valence-corrected chi connectivity index (χ4v) is 5.15. The molecule has 180 valence electrons. The zero-order chi connectivity index (χ0) is 24.9. The molecular weight excluding hydrogens is 470 g/mol. The average Bonchev–Trinajstić information content (AvgIpc) is 2.92. The topological polar surface area (TPSA) is 84.1 Å². The van der Waals surface area contributed by atoms with Crippen molar-refractivity contribution in [3.05, 3.63) is 129 Å². The SMILES string of the molecule is CCOC(=O)C1=C(c2ccccc2)Nc2nc(SCc3ccccc3)[nH]c(=O)c2C1c1ccccc1. The lowest BCUT2D eigenvalue weighted by Crippen LogP contribution is -2.31. The number of H-pyrrole nitrogens is 1. The summed E-state index contributed by atoms with van der Waals surface area (Å²) in [5, 5.41) is 3.82. The second-order valence-corrected chi connectivity index (χ2v) is 9.22. The van der Waals surface area contributed by atoms with Crippen LogP contribution in [0.1, 0.15) is 35.1 Å². The Morgan fingerprint density at radius 1 is 0.944 bits per heavy atom. The Morgan fingerprint density at radius 2 is 1.58 bits per heavy atom. The van der Waals surface area contributed by atoms with E-state index in [1.165, 1.54) is 11.8 Å². The molecule has 0 spiro atoms. The van der Waals surface area contributed by atoms with E-state index < -0.39 is 11.9 Å². The van der Waals surface area contributed by atoms with Gasteiger partial charge in [0.2, 0.25) is 0 Å². The van der Waals surface area contributed by atoms with Crippen LogP contribution in [0.25, 0.3) is 5.70 Å². The van der Waals surface area contributed by atoms with E-state index in [9.17, 15) is 9.59 Å². The zero-order valence-corrected chi connectivity index (χ0v) is 20.5. The van der Waals surface area contributed by atoms with Crippen molar-refractivity contribution in [2.45, 2.75) is 23.8 Å². The van der Waals surface area contributed by atoms with E-state index in [0.717, 1.165) is 16.7 Å². The molecule has 0 radical (unpaired) electrons. The fourth-order valence-electron chi connectivity index (χ4n) is 4.33. The Bertz CT molecular complexity index is 1450. The van der Waals surface area contributed by atoms with Gasteiger partial charge in [0.1, 0.15) is 5.82 Å². The summed E-state index contributed by atoms with van der Waals surface area (Å²) in [5.41, 5.74) is 3.85. The Kier molecular flexibility index (Phi) is 7.00. The van der Waals surface area contributed by atoms with Gasteiger partial charge in [0.05, 0.1) is 29.4 Å². The number of benzene rings is 3. The van der Waals surface area contributed by atoms with E-state index in [1.54, 1.807) is 6.92 Å². The van der Waals surface area contributed by atoms with Gasteiger partial charge in [-0.15, -0.1) is 0 Å². The van der Waals surface area contributed by atoms with E-state index in [2.05, 4.69) is 10.3 Å². The number of hydrogen-bond acceptors (Lipinski definition) is 6. The van der Waals surface area contributed by atoms with Crippen molar-refractivity contribution < 1.29 is 9.53 Å². The predicted octanol–water partition coefficient (Wildman–Crippen LogP) is 5.59. The van der Waals surface area contributed by atoms with Crippen LogP contribution in [0.3, 0.4) is 0 Å². The maximum absolute atomic E-state index is 13.5. The minimum atomic E-state index is -0.638. The normalized spacial score (nSPS) is 14.6. The van der Waals surface area contributed by atoms with Crippen LogP contribution in [0.15, 0.2) is 107 Å². The molecule has 2 N–H and O–H groups in total. The summed E-state index contributed by atoms with van der Waals surface area (Å²) in [4.78, 5) is 34.6. The quantitative estimate of drug-likeness (QED) is 0.197. The number of nitrogens with one attached hydrogen (secondary N) is 2. The van der Waals surface area contributed by atoms with Gasteiger partial charge in [-0.1, -0.05) is 103 Å². The highest BCUT2D eigenvalue weighted by Gasteiger charge is 2.38. The van der Waals surface area contributed by atoms with Gasteiger partial charge in [0.15, 0.2) is 5.16 Å². The molecule has 5 rings (SSSR count). The van der Waals surface area contributed by atoms with Crippen LogP contribution in [0.2, 0.25) is 0 Å². The van der Waals surface area contributed by atoms with Gasteiger partial charge in [-0.05, 0) is 23.6 Å². The summed E-state index contributed by atoms with van der Waals surface area (Å²) in [5.74, 6) is 0.00151. The first-order valence-corrected chi connectivity index (χ1v) is 12.7. The largest absolute Gasteiger partial charge is 0.463 e. The maximum Gasteiger partial charge on any atom is 0.337 e. The monoisotopic (exact) mass is 495 g/mol. The van der Waals surface area contributed by atoms with Crippen LogP contribution in [-0.2, 0) is 15.3 Å². The molecule has 1 aromatic heterocycles. The molecule has 7 heteroatoms. The van der Waals surface area contributed by atoms with Crippen LogP contribution in [-0.4, -0.2) is 22.5 Å². The standard InChI is InChI=1S/C29H25N3O3S/c1-2-35-28(34)23-22(20-14-8-4-9-15-20)24-26(30-25(23)21-16-10-5-11-17-21)31-29(32-27(24)33)36-18-19-12-6-3-7-13-19/h3-17,22H,2,18H2,1H3,(H2,30,31,32,33). The summed E-state index contributed by atoms with van der Waals surface area (Å²) in [6, 6.07) is 29.1. The lowest BCUT2D eigenvalue weighted by atomic mass is 9.81. The van der Waals surface area contributed by atoms with Crippen molar-refractivity contribution in [1.82, 2.24) is 9.97 Å². The molecule has 0 saturated heterocycles. The summed E-state index contributed by atoms with van der Waals surface area (Å²) in [6.07, 6.45) is 0. The Balaban J connectivity index is 1.66. The predicted molar refractivity (Wildman–Crippen MR) is 143 cm³/mol. The van der Waals surface area contributed by atoms with E-state index in [4.69, 9.17) is 9.72 Å². The van der Waals surface area contributed by atoms with E-state index in [-0.39, 0.29) is 12.2 Å². The van der Waals surface area contributed by atoms with Gasteiger partial charge in [0, 0.05) is 5.75 Å². The molecule has 6 nitrogen and oxygen atoms in total. The maximum atomic E-state index is 13.5. The number of esters is 1. The van der Waals surface area contributed by atoms with Crippen molar-refractivity contribution in [2.75, 3.05) is 11.9 Å². The lowest BCUT2D eigenvalue weighted by Gasteiger charge is -2.30. The van der Waals surface area contributed by atoms with Gasteiger partial charge < -0.3 is 15.0 Å². The van der Waals surface area contributed by atoms with Gasteiger partial charge in [-0.25, -0.2) is 9.78 Å². The van der Waals surface area contributed by atoms with Crippen molar-refractivity contribution in [2.24, 2.45) is 0 Å². The van der Waals surface area contributed by atoms with E-state index in [1.807, 2.05) is 91.0 Å². The summed E-state index contributed by atoms with van der Waals surface area (Å²) in [6.45, 7) is 2.00. The summed E-state index contributed by atoms with van der Waals surface area (Å²) >= 11 is 1.46. The van der Waals surface area contributed by atoms with Crippen LogP contribution in [0.5, 0.6) is 0 Å². The molecule has 1 aliphatic rings. The highest BCUT2D eigenvalue weighted by Crippen LogP contribution is 2.43. The number of ether oxygens (including phenoxy) is 1. The second-order valence-electron chi connectivity index (χ2n) is 8.25. The van der Waals surface area contributed by atoms with Crippen LogP contribution in [0.4, 0.5) is 5.82 Å².